The molecule has 0 aromatic heterocycles. The zero-order valence-electron chi connectivity index (χ0n) is 6.02. The zero-order valence-corrected chi connectivity index (χ0v) is 6.02. The molecule has 0 radical (unpaired) electrons. The van der Waals surface area contributed by atoms with E-state index in [9.17, 15) is 9.59 Å². The van der Waals surface area contributed by atoms with Crippen molar-refractivity contribution in [1.82, 2.24) is 16.2 Å². The molecule has 0 spiro atoms. The Hall–Kier alpha value is -1.10. The number of hydrogen-bond acceptors (Lipinski definition) is 3. The molecule has 5 nitrogen and oxygen atoms in total. The molecule has 0 fully saturated rings. The lowest BCUT2D eigenvalue weighted by atomic mass is 10.6. The Bertz CT molecular complexity index is 135. The average Bonchev–Trinajstić information content (AvgIpc) is 1.85. The van der Waals surface area contributed by atoms with Crippen LogP contribution in [0.4, 0.5) is 0 Å². The lowest BCUT2D eigenvalue weighted by molar-refractivity contribution is -0.127. The van der Waals surface area contributed by atoms with Gasteiger partial charge in [-0.3, -0.25) is 20.4 Å². The Morgan fingerprint density at radius 3 is 2.30 bits per heavy atom. The minimum Gasteiger partial charge on any atom is -0.311 e. The summed E-state index contributed by atoms with van der Waals surface area (Å²) in [7, 11) is 1.65. The molecule has 0 aromatic rings. The Balaban J connectivity index is 3.30. The number of nitrogens with one attached hydrogen (secondary N) is 3. The Kier molecular flexibility index (Phi) is 4.23. The fraction of sp³-hybridized carbons (Fsp3) is 0.600. The SMILES string of the molecule is CNCC(=O)NNC(C)=O. The Labute approximate surface area is 59.1 Å². The van der Waals surface area contributed by atoms with Gasteiger partial charge in [0.25, 0.3) is 5.91 Å². The molecule has 0 saturated heterocycles. The topological polar surface area (TPSA) is 70.2 Å². The molecule has 58 valence electrons. The van der Waals surface area contributed by atoms with Crippen LogP contribution in [0.5, 0.6) is 0 Å². The maximum atomic E-state index is 10.6. The van der Waals surface area contributed by atoms with Crippen molar-refractivity contribution in [2.45, 2.75) is 6.92 Å². The normalized spacial score (nSPS) is 8.60. The summed E-state index contributed by atoms with van der Waals surface area (Å²) in [4.78, 5) is 20.8. The third kappa shape index (κ3) is 5.04. The van der Waals surface area contributed by atoms with Gasteiger partial charge < -0.3 is 5.32 Å². The summed E-state index contributed by atoms with van der Waals surface area (Å²) in [6.07, 6.45) is 0. The van der Waals surface area contributed by atoms with E-state index in [4.69, 9.17) is 0 Å². The van der Waals surface area contributed by atoms with Crippen LogP contribution in [0, 0.1) is 0 Å². The first-order chi connectivity index (χ1) is 4.66. The van der Waals surface area contributed by atoms with E-state index in [2.05, 4.69) is 16.2 Å². The van der Waals surface area contributed by atoms with Gasteiger partial charge in [0.2, 0.25) is 5.91 Å². The number of carbonyl (C=O) groups is 2. The first-order valence-electron chi connectivity index (χ1n) is 2.87. The molecule has 0 atom stereocenters. The monoisotopic (exact) mass is 145 g/mol. The lowest BCUT2D eigenvalue weighted by Crippen LogP contribution is -2.43. The van der Waals surface area contributed by atoms with Gasteiger partial charge in [0.15, 0.2) is 0 Å². The summed E-state index contributed by atoms with van der Waals surface area (Å²) in [5.41, 5.74) is 4.33. The standard InChI is InChI=1S/C5H11N3O2/c1-4(9)7-8-5(10)3-6-2/h6H,3H2,1-2H3,(H,7,9)(H,8,10). The highest BCUT2D eigenvalue weighted by Gasteiger charge is 1.96. The zero-order chi connectivity index (χ0) is 7.98. The summed E-state index contributed by atoms with van der Waals surface area (Å²) >= 11 is 0. The largest absolute Gasteiger partial charge is 0.311 e. The molecule has 0 bridgehead atoms. The summed E-state index contributed by atoms with van der Waals surface area (Å²) in [5.74, 6) is -0.554. The summed E-state index contributed by atoms with van der Waals surface area (Å²) in [6, 6.07) is 0. The van der Waals surface area contributed by atoms with Gasteiger partial charge in [0.05, 0.1) is 6.54 Å². The van der Waals surface area contributed by atoms with Gasteiger partial charge in [0, 0.05) is 6.92 Å². The maximum absolute atomic E-state index is 10.6. The lowest BCUT2D eigenvalue weighted by Gasteiger charge is -2.02. The summed E-state index contributed by atoms with van der Waals surface area (Å²) < 4.78 is 0. The van der Waals surface area contributed by atoms with Crippen LogP contribution in [0.3, 0.4) is 0 Å². The third-order valence-electron chi connectivity index (χ3n) is 0.715. The highest BCUT2D eigenvalue weighted by atomic mass is 16.2. The minimum absolute atomic E-state index is 0.195. The molecule has 0 aliphatic carbocycles. The van der Waals surface area contributed by atoms with Crippen LogP contribution in [-0.2, 0) is 9.59 Å². The fourth-order valence-corrected chi connectivity index (χ4v) is 0.362. The Morgan fingerprint density at radius 2 is 1.90 bits per heavy atom. The second kappa shape index (κ2) is 4.75. The quantitative estimate of drug-likeness (QED) is 0.409. The summed E-state index contributed by atoms with van der Waals surface area (Å²) in [6.45, 7) is 1.51. The molecule has 3 N–H and O–H groups in total. The van der Waals surface area contributed by atoms with E-state index in [1.54, 1.807) is 7.05 Å². The third-order valence-corrected chi connectivity index (χ3v) is 0.715. The molecular weight excluding hydrogens is 134 g/mol. The Morgan fingerprint density at radius 1 is 1.30 bits per heavy atom. The molecule has 5 heteroatoms. The molecule has 2 amide bonds. The van der Waals surface area contributed by atoms with Crippen molar-refractivity contribution in [3.63, 3.8) is 0 Å². The van der Waals surface area contributed by atoms with E-state index in [-0.39, 0.29) is 18.4 Å². The predicted molar refractivity (Wildman–Crippen MR) is 35.9 cm³/mol. The number of rotatable bonds is 2. The van der Waals surface area contributed by atoms with Crippen LogP contribution in [0.1, 0.15) is 6.92 Å². The molecule has 10 heavy (non-hydrogen) atoms. The number of hydrogen-bond donors (Lipinski definition) is 3. The number of amides is 2. The van der Waals surface area contributed by atoms with Crippen molar-refractivity contribution in [1.29, 1.82) is 0 Å². The van der Waals surface area contributed by atoms with Gasteiger partial charge in [-0.1, -0.05) is 0 Å². The van der Waals surface area contributed by atoms with E-state index in [0.29, 0.717) is 0 Å². The van der Waals surface area contributed by atoms with Gasteiger partial charge in [-0.15, -0.1) is 0 Å². The number of likely N-dealkylation sites (N-methyl/N-ethyl adjacent to an activating group) is 1. The van der Waals surface area contributed by atoms with Gasteiger partial charge in [-0.25, -0.2) is 0 Å². The van der Waals surface area contributed by atoms with Gasteiger partial charge in [0.1, 0.15) is 0 Å². The maximum Gasteiger partial charge on any atom is 0.252 e. The van der Waals surface area contributed by atoms with Crippen LogP contribution in [-0.4, -0.2) is 25.4 Å². The van der Waals surface area contributed by atoms with Crippen molar-refractivity contribution in [2.24, 2.45) is 0 Å². The van der Waals surface area contributed by atoms with Crippen molar-refractivity contribution in [3.8, 4) is 0 Å². The van der Waals surface area contributed by atoms with Crippen molar-refractivity contribution in [3.05, 3.63) is 0 Å². The average molecular weight is 145 g/mol. The fourth-order valence-electron chi connectivity index (χ4n) is 0.362. The first kappa shape index (κ1) is 8.90. The van der Waals surface area contributed by atoms with Crippen molar-refractivity contribution < 1.29 is 9.59 Å². The van der Waals surface area contributed by atoms with Gasteiger partial charge in [-0.05, 0) is 7.05 Å². The molecule has 0 aliphatic heterocycles. The molecule has 0 aliphatic rings. The van der Waals surface area contributed by atoms with Crippen LogP contribution in [0.25, 0.3) is 0 Å². The van der Waals surface area contributed by atoms with Crippen molar-refractivity contribution in [2.75, 3.05) is 13.6 Å². The van der Waals surface area contributed by atoms with E-state index < -0.39 is 0 Å². The van der Waals surface area contributed by atoms with Gasteiger partial charge >= 0.3 is 0 Å². The molecular formula is C5H11N3O2. The van der Waals surface area contributed by atoms with E-state index in [1.807, 2.05) is 0 Å². The predicted octanol–water partition coefficient (Wildman–Crippen LogP) is -1.63. The van der Waals surface area contributed by atoms with E-state index in [1.165, 1.54) is 6.92 Å². The van der Waals surface area contributed by atoms with Crippen molar-refractivity contribution >= 4 is 11.8 Å². The minimum atomic E-state index is -0.288. The first-order valence-corrected chi connectivity index (χ1v) is 2.87. The molecule has 0 rings (SSSR count). The number of hydrazine groups is 1. The van der Waals surface area contributed by atoms with Gasteiger partial charge in [-0.2, -0.15) is 0 Å². The molecule has 0 aromatic carbocycles. The second-order valence-electron chi connectivity index (χ2n) is 1.76. The highest BCUT2D eigenvalue weighted by Crippen LogP contribution is 1.58. The molecule has 0 saturated carbocycles. The van der Waals surface area contributed by atoms with E-state index >= 15 is 0 Å². The van der Waals surface area contributed by atoms with Crippen LogP contribution >= 0.6 is 0 Å². The summed E-state index contributed by atoms with van der Waals surface area (Å²) in [5, 5.41) is 2.63. The molecule has 0 heterocycles. The van der Waals surface area contributed by atoms with Crippen LogP contribution in [0.15, 0.2) is 0 Å². The number of carbonyl (C=O) groups excluding carboxylic acids is 2. The molecule has 0 unspecified atom stereocenters. The smallest absolute Gasteiger partial charge is 0.252 e. The van der Waals surface area contributed by atoms with Crippen LogP contribution < -0.4 is 16.2 Å². The van der Waals surface area contributed by atoms with Crippen LogP contribution in [0.2, 0.25) is 0 Å². The second-order valence-corrected chi connectivity index (χ2v) is 1.76. The highest BCUT2D eigenvalue weighted by molar-refractivity contribution is 5.81. The van der Waals surface area contributed by atoms with E-state index in [0.717, 1.165) is 0 Å².